The zero-order chi connectivity index (χ0) is 10.6. The maximum atomic E-state index is 10.6. The average molecular weight is 197 g/mol. The van der Waals surface area contributed by atoms with Gasteiger partial charge in [0.15, 0.2) is 0 Å². The van der Waals surface area contributed by atoms with Gasteiger partial charge in [-0.25, -0.2) is 0 Å². The Hall–Kier alpha value is -0.530. The van der Waals surface area contributed by atoms with Crippen LogP contribution < -0.4 is 5.11 Å². The molecule has 1 saturated carbocycles. The summed E-state index contributed by atoms with van der Waals surface area (Å²) in [5, 5.41) is 10.6. The molecule has 0 heterocycles. The van der Waals surface area contributed by atoms with Gasteiger partial charge in [-0.2, -0.15) is 0 Å². The number of carboxylic acids is 1. The molecule has 0 radical (unpaired) electrons. The van der Waals surface area contributed by atoms with Crippen molar-refractivity contribution in [2.24, 2.45) is 17.8 Å². The quantitative estimate of drug-likeness (QED) is 0.691. The van der Waals surface area contributed by atoms with Crippen molar-refractivity contribution < 1.29 is 9.90 Å². The zero-order valence-corrected chi connectivity index (χ0v) is 9.29. The zero-order valence-electron chi connectivity index (χ0n) is 9.29. The maximum Gasteiger partial charge on any atom is 0.0417 e. The van der Waals surface area contributed by atoms with Gasteiger partial charge in [-0.1, -0.05) is 33.1 Å². The highest BCUT2D eigenvalue weighted by molar-refractivity contribution is 5.64. The van der Waals surface area contributed by atoms with Crippen molar-refractivity contribution in [3.63, 3.8) is 0 Å². The van der Waals surface area contributed by atoms with E-state index in [9.17, 15) is 9.90 Å². The summed E-state index contributed by atoms with van der Waals surface area (Å²) in [5.41, 5.74) is 0. The Morgan fingerprint density at radius 3 is 2.64 bits per heavy atom. The number of carbonyl (C=O) groups is 1. The molecule has 0 saturated heterocycles. The van der Waals surface area contributed by atoms with Crippen molar-refractivity contribution in [3.8, 4) is 0 Å². The minimum absolute atomic E-state index is 0.273. The Morgan fingerprint density at radius 2 is 2.07 bits per heavy atom. The predicted octanol–water partition coefficient (Wildman–Crippen LogP) is 1.98. The Kier molecular flexibility index (Phi) is 4.43. The Labute approximate surface area is 86.7 Å². The van der Waals surface area contributed by atoms with Crippen LogP contribution in [0.25, 0.3) is 0 Å². The van der Waals surface area contributed by atoms with Gasteiger partial charge in [0.2, 0.25) is 0 Å². The van der Waals surface area contributed by atoms with Crippen LogP contribution in [0.1, 0.15) is 52.4 Å². The molecule has 0 N–H and O–H groups in total. The molecule has 1 aliphatic rings. The molecule has 1 fully saturated rings. The van der Waals surface area contributed by atoms with Gasteiger partial charge < -0.3 is 9.90 Å². The fourth-order valence-corrected chi connectivity index (χ4v) is 2.76. The summed E-state index contributed by atoms with van der Waals surface area (Å²) < 4.78 is 0. The number of hydrogen-bond donors (Lipinski definition) is 0. The first-order valence-electron chi connectivity index (χ1n) is 5.85. The van der Waals surface area contributed by atoms with Gasteiger partial charge in [0.05, 0.1) is 0 Å². The highest BCUT2D eigenvalue weighted by Gasteiger charge is 2.28. The van der Waals surface area contributed by atoms with E-state index >= 15 is 0 Å². The molecule has 0 spiro atoms. The van der Waals surface area contributed by atoms with Gasteiger partial charge in [-0.05, 0) is 37.0 Å². The van der Waals surface area contributed by atoms with E-state index in [0.717, 1.165) is 12.8 Å². The normalized spacial score (nSPS) is 29.9. The summed E-state index contributed by atoms with van der Waals surface area (Å²) in [6, 6.07) is 0. The van der Waals surface area contributed by atoms with Crippen LogP contribution in [0.4, 0.5) is 0 Å². The Bertz CT molecular complexity index is 189. The van der Waals surface area contributed by atoms with Crippen LogP contribution in [-0.2, 0) is 4.79 Å². The fourth-order valence-electron chi connectivity index (χ4n) is 2.76. The molecule has 14 heavy (non-hydrogen) atoms. The number of carbonyl (C=O) groups excluding carboxylic acids is 1. The third kappa shape index (κ3) is 3.00. The van der Waals surface area contributed by atoms with Gasteiger partial charge in [0, 0.05) is 5.97 Å². The summed E-state index contributed by atoms with van der Waals surface area (Å²) in [4.78, 5) is 10.6. The monoisotopic (exact) mass is 197 g/mol. The van der Waals surface area contributed by atoms with Gasteiger partial charge in [-0.15, -0.1) is 0 Å². The summed E-state index contributed by atoms with van der Waals surface area (Å²) in [6.45, 7) is 4.44. The third-order valence-electron chi connectivity index (χ3n) is 3.77. The molecular weight excluding hydrogens is 176 g/mol. The van der Waals surface area contributed by atoms with Crippen molar-refractivity contribution in [3.05, 3.63) is 0 Å². The van der Waals surface area contributed by atoms with Crippen LogP contribution in [0.3, 0.4) is 0 Å². The molecule has 0 bridgehead atoms. The van der Waals surface area contributed by atoms with E-state index in [-0.39, 0.29) is 6.42 Å². The lowest BCUT2D eigenvalue weighted by atomic mass is 9.71. The van der Waals surface area contributed by atoms with E-state index in [2.05, 4.69) is 13.8 Å². The highest BCUT2D eigenvalue weighted by atomic mass is 16.4. The molecule has 3 unspecified atom stereocenters. The predicted molar refractivity (Wildman–Crippen MR) is 54.5 cm³/mol. The minimum Gasteiger partial charge on any atom is -0.550 e. The second-order valence-electron chi connectivity index (χ2n) is 4.67. The van der Waals surface area contributed by atoms with Crippen molar-refractivity contribution in [2.75, 3.05) is 0 Å². The molecule has 0 aliphatic heterocycles. The molecule has 0 aromatic rings. The molecule has 82 valence electrons. The van der Waals surface area contributed by atoms with E-state index in [0.29, 0.717) is 17.8 Å². The van der Waals surface area contributed by atoms with Crippen LogP contribution in [0.15, 0.2) is 0 Å². The summed E-state index contributed by atoms with van der Waals surface area (Å²) >= 11 is 0. The molecule has 2 nitrogen and oxygen atoms in total. The van der Waals surface area contributed by atoms with Gasteiger partial charge in [0.25, 0.3) is 0 Å². The van der Waals surface area contributed by atoms with Crippen LogP contribution in [0.2, 0.25) is 0 Å². The number of carboxylic acid groups (broad SMARTS) is 1. The van der Waals surface area contributed by atoms with Crippen molar-refractivity contribution in [1.82, 2.24) is 0 Å². The highest BCUT2D eigenvalue weighted by Crippen LogP contribution is 2.37. The molecule has 0 amide bonds. The summed E-state index contributed by atoms with van der Waals surface area (Å²) in [5.74, 6) is 0.792. The Morgan fingerprint density at radius 1 is 1.43 bits per heavy atom. The number of hydrogen-bond acceptors (Lipinski definition) is 2. The van der Waals surface area contributed by atoms with Gasteiger partial charge >= 0.3 is 0 Å². The van der Waals surface area contributed by atoms with E-state index in [4.69, 9.17) is 0 Å². The lowest BCUT2D eigenvalue weighted by molar-refractivity contribution is -0.307. The maximum absolute atomic E-state index is 10.6. The molecule has 2 heteroatoms. The first kappa shape index (κ1) is 11.5. The largest absolute Gasteiger partial charge is 0.550 e. The number of rotatable bonds is 4. The standard InChI is InChI=1S/C12H22O2/c1-3-9(2)11-7-5-4-6-10(11)8-12(13)14/h9-11H,3-8H2,1-2H3,(H,13,14)/p-1. The van der Waals surface area contributed by atoms with Crippen LogP contribution in [-0.4, -0.2) is 5.97 Å². The second-order valence-corrected chi connectivity index (χ2v) is 4.67. The van der Waals surface area contributed by atoms with E-state index in [1.165, 1.54) is 19.3 Å². The molecule has 3 atom stereocenters. The lowest BCUT2D eigenvalue weighted by Crippen LogP contribution is -2.32. The van der Waals surface area contributed by atoms with Crippen LogP contribution in [0.5, 0.6) is 0 Å². The molecule has 1 rings (SSSR count). The fraction of sp³-hybridized carbons (Fsp3) is 0.917. The van der Waals surface area contributed by atoms with Crippen LogP contribution >= 0.6 is 0 Å². The average Bonchev–Trinajstić information content (AvgIpc) is 2.16. The van der Waals surface area contributed by atoms with Crippen molar-refractivity contribution in [1.29, 1.82) is 0 Å². The Balaban J connectivity index is 2.54. The van der Waals surface area contributed by atoms with Crippen molar-refractivity contribution >= 4 is 5.97 Å². The lowest BCUT2D eigenvalue weighted by Gasteiger charge is -2.35. The van der Waals surface area contributed by atoms with Gasteiger partial charge in [0.1, 0.15) is 0 Å². The van der Waals surface area contributed by atoms with Gasteiger partial charge in [-0.3, -0.25) is 0 Å². The molecule has 0 aromatic heterocycles. The minimum atomic E-state index is -0.870. The SMILES string of the molecule is CCC(C)C1CCCCC1CC(=O)[O-]. The third-order valence-corrected chi connectivity index (χ3v) is 3.77. The number of aliphatic carboxylic acids is 1. The first-order valence-corrected chi connectivity index (χ1v) is 5.85. The van der Waals surface area contributed by atoms with Crippen molar-refractivity contribution in [2.45, 2.75) is 52.4 Å². The molecule has 0 aromatic carbocycles. The molecule has 1 aliphatic carbocycles. The summed E-state index contributed by atoms with van der Waals surface area (Å²) in [7, 11) is 0. The topological polar surface area (TPSA) is 40.1 Å². The van der Waals surface area contributed by atoms with E-state index < -0.39 is 5.97 Å². The van der Waals surface area contributed by atoms with Crippen LogP contribution in [0, 0.1) is 17.8 Å². The first-order chi connectivity index (χ1) is 6.65. The summed E-state index contributed by atoms with van der Waals surface area (Å²) in [6.07, 6.45) is 6.21. The smallest absolute Gasteiger partial charge is 0.0417 e. The van der Waals surface area contributed by atoms with E-state index in [1.54, 1.807) is 0 Å². The van der Waals surface area contributed by atoms with E-state index in [1.807, 2.05) is 0 Å². The second kappa shape index (κ2) is 5.38. The molecular formula is C12H21O2-.